The summed E-state index contributed by atoms with van der Waals surface area (Å²) in [6.45, 7) is 4.86. The van der Waals surface area contributed by atoms with Crippen LogP contribution >= 0.6 is 0 Å². The number of aliphatic imine (C=N–C) groups is 1. The number of rotatable bonds is 6. The normalized spacial score (nSPS) is 16.2. The second kappa shape index (κ2) is 11.2. The molecule has 2 aliphatic rings. The van der Waals surface area contributed by atoms with Crippen molar-refractivity contribution in [2.75, 3.05) is 58.3 Å². The molecule has 210 valence electrons. The Kier molecular flexibility index (Phi) is 7.30. The van der Waals surface area contributed by atoms with Crippen LogP contribution in [0.25, 0.3) is 10.9 Å². The number of hydrogen-bond donors (Lipinski definition) is 2. The molecule has 0 atom stereocenters. The number of fused-ring (bicyclic) bond motifs is 2. The third-order valence-corrected chi connectivity index (χ3v) is 7.94. The number of amides is 1. The Morgan fingerprint density at radius 1 is 0.951 bits per heavy atom. The van der Waals surface area contributed by atoms with Crippen LogP contribution in [0.5, 0.6) is 5.88 Å². The lowest BCUT2D eigenvalue weighted by Crippen LogP contribution is -2.48. The quantitative estimate of drug-likeness (QED) is 0.278. The van der Waals surface area contributed by atoms with E-state index < -0.39 is 5.97 Å². The highest BCUT2D eigenvalue weighted by molar-refractivity contribution is 6.22. The molecule has 0 spiro atoms. The zero-order valence-corrected chi connectivity index (χ0v) is 23.3. The van der Waals surface area contributed by atoms with E-state index in [-0.39, 0.29) is 11.8 Å². The molecule has 0 unspecified atom stereocenters. The molecule has 0 saturated carbocycles. The van der Waals surface area contributed by atoms with Crippen LogP contribution in [0.1, 0.15) is 27.0 Å². The minimum absolute atomic E-state index is 0.0357. The van der Waals surface area contributed by atoms with E-state index in [2.05, 4.69) is 21.8 Å². The van der Waals surface area contributed by atoms with Gasteiger partial charge in [0.05, 0.1) is 36.2 Å². The maximum absolute atomic E-state index is 13.2. The van der Waals surface area contributed by atoms with Crippen molar-refractivity contribution in [1.82, 2.24) is 14.8 Å². The van der Waals surface area contributed by atoms with E-state index in [0.29, 0.717) is 35.4 Å². The number of hydrogen-bond acceptors (Lipinski definition) is 7. The van der Waals surface area contributed by atoms with Crippen molar-refractivity contribution < 1.29 is 19.4 Å². The van der Waals surface area contributed by atoms with Crippen LogP contribution in [0.15, 0.2) is 71.7 Å². The number of methoxy groups -OCH3 is 1. The van der Waals surface area contributed by atoms with Gasteiger partial charge in [0.25, 0.3) is 0 Å². The largest absolute Gasteiger partial charge is 0.494 e. The molecule has 0 bridgehead atoms. The van der Waals surface area contributed by atoms with Crippen molar-refractivity contribution in [2.24, 2.45) is 4.99 Å². The predicted octanol–water partition coefficient (Wildman–Crippen LogP) is 3.97. The second-order valence-corrected chi connectivity index (χ2v) is 10.6. The van der Waals surface area contributed by atoms with Crippen LogP contribution in [0.3, 0.4) is 0 Å². The van der Waals surface area contributed by atoms with Crippen molar-refractivity contribution in [2.45, 2.75) is 6.42 Å². The summed E-state index contributed by atoms with van der Waals surface area (Å²) in [4.78, 5) is 39.7. The number of aromatic hydroxyl groups is 1. The van der Waals surface area contributed by atoms with E-state index in [4.69, 9.17) is 9.73 Å². The summed E-state index contributed by atoms with van der Waals surface area (Å²) in [6.07, 6.45) is 0.766. The number of carbonyl (C=O) groups excluding carboxylic acids is 2. The summed E-state index contributed by atoms with van der Waals surface area (Å²) >= 11 is 0. The summed E-state index contributed by atoms with van der Waals surface area (Å²) in [6, 6.07) is 20.7. The summed E-state index contributed by atoms with van der Waals surface area (Å²) in [5, 5.41) is 11.8. The van der Waals surface area contributed by atoms with Gasteiger partial charge in [0.1, 0.15) is 0 Å². The van der Waals surface area contributed by atoms with E-state index in [0.717, 1.165) is 60.5 Å². The molecule has 0 radical (unpaired) electrons. The lowest BCUT2D eigenvalue weighted by molar-refractivity contribution is -0.120. The van der Waals surface area contributed by atoms with Gasteiger partial charge in [-0.25, -0.2) is 9.79 Å². The molecule has 1 fully saturated rings. The van der Waals surface area contributed by atoms with Gasteiger partial charge in [0.15, 0.2) is 5.88 Å². The van der Waals surface area contributed by atoms with E-state index in [1.54, 1.807) is 18.2 Å². The summed E-state index contributed by atoms with van der Waals surface area (Å²) in [7, 11) is 3.45. The highest BCUT2D eigenvalue weighted by atomic mass is 16.5. The average Bonchev–Trinajstić information content (AvgIpc) is 3.56. The van der Waals surface area contributed by atoms with Gasteiger partial charge in [-0.3, -0.25) is 9.69 Å². The topological polar surface area (TPSA) is 101 Å². The Morgan fingerprint density at radius 3 is 2.49 bits per heavy atom. The van der Waals surface area contributed by atoms with Crippen molar-refractivity contribution in [3.63, 3.8) is 0 Å². The number of likely N-dealkylation sites (N-methyl/N-ethyl adjacent to an activating group) is 1. The Labute approximate surface area is 238 Å². The van der Waals surface area contributed by atoms with Gasteiger partial charge in [0.2, 0.25) is 5.91 Å². The number of carbonyl (C=O) groups is 2. The van der Waals surface area contributed by atoms with Gasteiger partial charge in [-0.2, -0.15) is 0 Å². The SMILES string of the molecule is COC(=O)c1ccc2c(C(=Nc3ccc4c(c3)CCN4C(=O)CN3CCN(C)CC3)c3ccccc3)c(O)[nH]c2c1. The zero-order valence-electron chi connectivity index (χ0n) is 23.3. The maximum Gasteiger partial charge on any atom is 0.337 e. The average molecular weight is 552 g/mol. The van der Waals surface area contributed by atoms with Crippen molar-refractivity contribution in [3.05, 3.63) is 89.0 Å². The van der Waals surface area contributed by atoms with Crippen LogP contribution in [-0.4, -0.2) is 90.9 Å². The number of H-pyrrole nitrogens is 1. The molecule has 3 heterocycles. The number of piperazine rings is 1. The molecule has 1 amide bonds. The zero-order chi connectivity index (χ0) is 28.5. The first-order valence-corrected chi connectivity index (χ1v) is 13.8. The summed E-state index contributed by atoms with van der Waals surface area (Å²) < 4.78 is 4.85. The van der Waals surface area contributed by atoms with Crippen LogP contribution in [-0.2, 0) is 16.0 Å². The molecule has 1 aromatic heterocycles. The van der Waals surface area contributed by atoms with Crippen molar-refractivity contribution in [3.8, 4) is 5.88 Å². The molecule has 4 aromatic rings. The summed E-state index contributed by atoms with van der Waals surface area (Å²) in [5.41, 5.74) is 5.73. The first-order valence-electron chi connectivity index (χ1n) is 13.8. The Balaban J connectivity index is 1.33. The smallest absolute Gasteiger partial charge is 0.337 e. The minimum atomic E-state index is -0.450. The predicted molar refractivity (Wildman–Crippen MR) is 159 cm³/mol. The number of aromatic amines is 1. The van der Waals surface area contributed by atoms with E-state index in [1.807, 2.05) is 53.4 Å². The molecule has 9 heteroatoms. The van der Waals surface area contributed by atoms with E-state index in [1.165, 1.54) is 7.11 Å². The molecular formula is C32H33N5O4. The highest BCUT2D eigenvalue weighted by Crippen LogP contribution is 2.35. The molecule has 2 N–H and O–H groups in total. The fourth-order valence-corrected chi connectivity index (χ4v) is 5.66. The molecular weight excluding hydrogens is 518 g/mol. The number of anilines is 1. The van der Waals surface area contributed by atoms with Crippen LogP contribution in [0, 0.1) is 0 Å². The molecule has 9 nitrogen and oxygen atoms in total. The molecule has 0 aliphatic carbocycles. The molecule has 3 aromatic carbocycles. The third kappa shape index (κ3) is 5.33. The monoisotopic (exact) mass is 551 g/mol. The van der Waals surface area contributed by atoms with Gasteiger partial charge in [-0.05, 0) is 49.4 Å². The van der Waals surface area contributed by atoms with Gasteiger partial charge in [0, 0.05) is 54.9 Å². The maximum atomic E-state index is 13.2. The third-order valence-electron chi connectivity index (χ3n) is 7.94. The van der Waals surface area contributed by atoms with Gasteiger partial charge in [-0.1, -0.05) is 36.4 Å². The fraction of sp³-hybridized carbons (Fsp3) is 0.281. The van der Waals surface area contributed by atoms with Crippen LogP contribution < -0.4 is 4.90 Å². The Bertz CT molecular complexity index is 1640. The van der Waals surface area contributed by atoms with Gasteiger partial charge >= 0.3 is 5.97 Å². The summed E-state index contributed by atoms with van der Waals surface area (Å²) in [5.74, 6) is -0.357. The van der Waals surface area contributed by atoms with E-state index >= 15 is 0 Å². The van der Waals surface area contributed by atoms with E-state index in [9.17, 15) is 14.7 Å². The molecule has 2 aliphatic heterocycles. The lowest BCUT2D eigenvalue weighted by atomic mass is 10.00. The molecule has 1 saturated heterocycles. The highest BCUT2D eigenvalue weighted by Gasteiger charge is 2.27. The van der Waals surface area contributed by atoms with Crippen LogP contribution in [0.2, 0.25) is 0 Å². The number of nitrogens with one attached hydrogen (secondary N) is 1. The minimum Gasteiger partial charge on any atom is -0.494 e. The van der Waals surface area contributed by atoms with Crippen molar-refractivity contribution >= 4 is 39.9 Å². The number of ether oxygens (including phenoxy) is 1. The van der Waals surface area contributed by atoms with Crippen molar-refractivity contribution in [1.29, 1.82) is 0 Å². The molecule has 41 heavy (non-hydrogen) atoms. The lowest BCUT2D eigenvalue weighted by Gasteiger charge is -2.32. The Hall–Kier alpha value is -4.47. The standard InChI is InChI=1S/C32H33N5O4/c1-35-14-16-36(17-15-35)20-28(38)37-13-12-22-18-24(9-11-27(22)37)33-30(21-6-4-3-5-7-21)29-25-10-8-23(32(40)41-2)19-26(25)34-31(29)39/h3-11,18-19,34,39H,12-17,20H2,1-2H3. The van der Waals surface area contributed by atoms with Gasteiger partial charge < -0.3 is 24.6 Å². The first kappa shape index (κ1) is 26.7. The number of benzene rings is 3. The van der Waals surface area contributed by atoms with Crippen LogP contribution in [0.4, 0.5) is 11.4 Å². The Morgan fingerprint density at radius 2 is 1.73 bits per heavy atom. The number of esters is 1. The molecule has 6 rings (SSSR count). The van der Waals surface area contributed by atoms with Gasteiger partial charge in [-0.15, -0.1) is 0 Å². The second-order valence-electron chi connectivity index (χ2n) is 10.6. The number of nitrogens with zero attached hydrogens (tertiary/aromatic N) is 4. The fourth-order valence-electron chi connectivity index (χ4n) is 5.66. The number of aromatic nitrogens is 1. The first-order chi connectivity index (χ1) is 19.9.